The van der Waals surface area contributed by atoms with Crippen molar-refractivity contribution in [3.05, 3.63) is 0 Å². The Hall–Kier alpha value is -0.840. The SMILES string of the molecule is N#CC1CCN=C1C1C2CC3CC(C2)CC1C3. The van der Waals surface area contributed by atoms with E-state index in [2.05, 4.69) is 6.07 Å². The molecule has 1 unspecified atom stereocenters. The first-order valence-electron chi connectivity index (χ1n) is 7.29. The minimum absolute atomic E-state index is 0.164. The van der Waals surface area contributed by atoms with E-state index in [0.717, 1.165) is 36.6 Å². The van der Waals surface area contributed by atoms with E-state index in [1.165, 1.54) is 37.8 Å². The van der Waals surface area contributed by atoms with Crippen molar-refractivity contribution < 1.29 is 0 Å². The van der Waals surface area contributed by atoms with Crippen LogP contribution in [0.5, 0.6) is 0 Å². The van der Waals surface area contributed by atoms with Crippen LogP contribution < -0.4 is 0 Å². The Kier molecular flexibility index (Phi) is 2.13. The molecule has 0 spiro atoms. The van der Waals surface area contributed by atoms with Crippen molar-refractivity contribution in [2.75, 3.05) is 6.54 Å². The smallest absolute Gasteiger partial charge is 0.0861 e. The predicted octanol–water partition coefficient (Wildman–Crippen LogP) is 3.04. The lowest BCUT2D eigenvalue weighted by molar-refractivity contribution is -0.00921. The molecule has 4 fully saturated rings. The number of nitrogens with zero attached hydrogens (tertiary/aromatic N) is 2. The number of hydrogen-bond donors (Lipinski definition) is 0. The molecular weight excluding hydrogens is 208 g/mol. The van der Waals surface area contributed by atoms with Crippen LogP contribution in [0.3, 0.4) is 0 Å². The van der Waals surface area contributed by atoms with Gasteiger partial charge >= 0.3 is 0 Å². The highest BCUT2D eigenvalue weighted by Crippen LogP contribution is 2.57. The fraction of sp³-hybridized carbons (Fsp3) is 0.867. The first-order valence-corrected chi connectivity index (χ1v) is 7.29. The van der Waals surface area contributed by atoms with Crippen molar-refractivity contribution in [2.24, 2.45) is 40.5 Å². The molecule has 4 bridgehead atoms. The molecule has 0 aromatic carbocycles. The van der Waals surface area contributed by atoms with Crippen LogP contribution in [-0.4, -0.2) is 12.3 Å². The van der Waals surface area contributed by atoms with Gasteiger partial charge in [0.1, 0.15) is 0 Å². The van der Waals surface area contributed by atoms with E-state index in [1.807, 2.05) is 0 Å². The zero-order valence-electron chi connectivity index (χ0n) is 10.3. The minimum Gasteiger partial charge on any atom is -0.292 e. The summed E-state index contributed by atoms with van der Waals surface area (Å²) in [6, 6.07) is 2.49. The lowest BCUT2D eigenvalue weighted by Gasteiger charge is -2.54. The maximum absolute atomic E-state index is 9.26. The second-order valence-corrected chi connectivity index (χ2v) is 6.73. The molecule has 0 N–H and O–H groups in total. The van der Waals surface area contributed by atoms with E-state index in [9.17, 15) is 5.26 Å². The van der Waals surface area contributed by atoms with Gasteiger partial charge in [0.15, 0.2) is 0 Å². The lowest BCUT2D eigenvalue weighted by Crippen LogP contribution is -2.48. The van der Waals surface area contributed by atoms with Crippen molar-refractivity contribution in [3.63, 3.8) is 0 Å². The largest absolute Gasteiger partial charge is 0.292 e. The summed E-state index contributed by atoms with van der Waals surface area (Å²) in [6.07, 6.45) is 8.26. The van der Waals surface area contributed by atoms with Crippen molar-refractivity contribution in [2.45, 2.75) is 38.5 Å². The van der Waals surface area contributed by atoms with E-state index in [4.69, 9.17) is 4.99 Å². The van der Waals surface area contributed by atoms with Crippen LogP contribution in [0.25, 0.3) is 0 Å². The third-order valence-corrected chi connectivity index (χ3v) is 5.79. The van der Waals surface area contributed by atoms with Crippen LogP contribution >= 0.6 is 0 Å². The molecule has 5 aliphatic rings. The van der Waals surface area contributed by atoms with E-state index in [0.29, 0.717) is 5.92 Å². The molecule has 5 rings (SSSR count). The van der Waals surface area contributed by atoms with Crippen molar-refractivity contribution in [3.8, 4) is 6.07 Å². The van der Waals surface area contributed by atoms with Crippen molar-refractivity contribution >= 4 is 5.71 Å². The molecule has 1 atom stereocenters. The average Bonchev–Trinajstić information content (AvgIpc) is 2.75. The molecule has 0 aromatic rings. The molecule has 0 aromatic heterocycles. The molecule has 1 heterocycles. The zero-order valence-corrected chi connectivity index (χ0v) is 10.3. The Morgan fingerprint density at radius 3 is 2.24 bits per heavy atom. The molecule has 0 radical (unpaired) electrons. The van der Waals surface area contributed by atoms with Gasteiger partial charge in [-0.15, -0.1) is 0 Å². The number of hydrogen-bond acceptors (Lipinski definition) is 2. The maximum Gasteiger partial charge on any atom is 0.0861 e. The van der Waals surface area contributed by atoms with Gasteiger partial charge in [-0.2, -0.15) is 5.26 Å². The van der Waals surface area contributed by atoms with Gasteiger partial charge < -0.3 is 0 Å². The van der Waals surface area contributed by atoms with Crippen LogP contribution in [-0.2, 0) is 0 Å². The van der Waals surface area contributed by atoms with Gasteiger partial charge in [0, 0.05) is 18.2 Å². The fourth-order valence-corrected chi connectivity index (χ4v) is 5.46. The van der Waals surface area contributed by atoms with Gasteiger partial charge in [-0.05, 0) is 62.2 Å². The molecule has 0 saturated heterocycles. The molecule has 2 nitrogen and oxygen atoms in total. The summed E-state index contributed by atoms with van der Waals surface area (Å²) in [6.45, 7) is 0.913. The van der Waals surface area contributed by atoms with E-state index in [-0.39, 0.29) is 5.92 Å². The van der Waals surface area contributed by atoms with Crippen LogP contribution in [0.2, 0.25) is 0 Å². The zero-order chi connectivity index (χ0) is 11.4. The molecule has 17 heavy (non-hydrogen) atoms. The first-order chi connectivity index (χ1) is 8.35. The highest BCUT2D eigenvalue weighted by molar-refractivity contribution is 5.93. The second-order valence-electron chi connectivity index (χ2n) is 6.73. The first kappa shape index (κ1) is 10.1. The Morgan fingerprint density at radius 2 is 1.65 bits per heavy atom. The Bertz CT molecular complexity index is 376. The molecular formula is C15H20N2. The third kappa shape index (κ3) is 1.41. The summed E-state index contributed by atoms with van der Waals surface area (Å²) in [5, 5.41) is 9.26. The highest BCUT2D eigenvalue weighted by atomic mass is 14.8. The highest BCUT2D eigenvalue weighted by Gasteiger charge is 2.51. The second kappa shape index (κ2) is 3.57. The van der Waals surface area contributed by atoms with Gasteiger partial charge in [-0.25, -0.2) is 0 Å². The normalized spacial score (nSPS) is 51.4. The van der Waals surface area contributed by atoms with Gasteiger partial charge in [-0.3, -0.25) is 4.99 Å². The fourth-order valence-electron chi connectivity index (χ4n) is 5.46. The van der Waals surface area contributed by atoms with Crippen molar-refractivity contribution in [1.29, 1.82) is 5.26 Å². The summed E-state index contributed by atoms with van der Waals surface area (Å²) in [7, 11) is 0. The van der Waals surface area contributed by atoms with E-state index in [1.54, 1.807) is 0 Å². The summed E-state index contributed by atoms with van der Waals surface area (Å²) in [4.78, 5) is 4.73. The van der Waals surface area contributed by atoms with Gasteiger partial charge in [0.25, 0.3) is 0 Å². The number of nitriles is 1. The minimum atomic E-state index is 0.164. The van der Waals surface area contributed by atoms with Crippen LogP contribution in [0.4, 0.5) is 0 Å². The van der Waals surface area contributed by atoms with Gasteiger partial charge in [0.05, 0.1) is 12.0 Å². The lowest BCUT2D eigenvalue weighted by atomic mass is 9.50. The van der Waals surface area contributed by atoms with Crippen LogP contribution in [0, 0.1) is 46.8 Å². The van der Waals surface area contributed by atoms with Gasteiger partial charge in [0.2, 0.25) is 0 Å². The molecule has 2 heteroatoms. The van der Waals surface area contributed by atoms with Crippen molar-refractivity contribution in [1.82, 2.24) is 0 Å². The molecule has 1 aliphatic heterocycles. The molecule has 0 amide bonds. The quantitative estimate of drug-likeness (QED) is 0.679. The van der Waals surface area contributed by atoms with E-state index < -0.39 is 0 Å². The summed E-state index contributed by atoms with van der Waals surface area (Å²) < 4.78 is 0. The van der Waals surface area contributed by atoms with E-state index >= 15 is 0 Å². The molecule has 90 valence electrons. The monoisotopic (exact) mass is 228 g/mol. The number of aliphatic imine (C=N–C) groups is 1. The summed E-state index contributed by atoms with van der Waals surface area (Å²) in [5.41, 5.74) is 1.32. The third-order valence-electron chi connectivity index (χ3n) is 5.79. The summed E-state index contributed by atoms with van der Waals surface area (Å²) >= 11 is 0. The topological polar surface area (TPSA) is 36.1 Å². The summed E-state index contributed by atoms with van der Waals surface area (Å²) in [5.74, 6) is 4.69. The predicted molar refractivity (Wildman–Crippen MR) is 66.6 cm³/mol. The van der Waals surface area contributed by atoms with Gasteiger partial charge in [-0.1, -0.05) is 0 Å². The standard InChI is InChI=1S/C15H20N2/c16-8-11-1-2-17-15(11)14-12-4-9-3-10(6-12)7-13(14)5-9/h9-14H,1-7H2. The average molecular weight is 228 g/mol. The Morgan fingerprint density at radius 1 is 1.00 bits per heavy atom. The Labute approximate surface area is 103 Å². The number of rotatable bonds is 1. The maximum atomic E-state index is 9.26. The Balaban J connectivity index is 1.65. The van der Waals surface area contributed by atoms with Crippen LogP contribution in [0.15, 0.2) is 4.99 Å². The van der Waals surface area contributed by atoms with Crippen LogP contribution in [0.1, 0.15) is 38.5 Å². The molecule has 4 saturated carbocycles. The molecule has 4 aliphatic carbocycles.